The van der Waals surface area contributed by atoms with E-state index in [-0.39, 0.29) is 11.4 Å². The van der Waals surface area contributed by atoms with E-state index in [1.807, 2.05) is 0 Å². The second kappa shape index (κ2) is 6.92. The van der Waals surface area contributed by atoms with Crippen LogP contribution in [0, 0.1) is 0 Å². The summed E-state index contributed by atoms with van der Waals surface area (Å²) >= 11 is 0. The number of carboxylic acids is 1. The second-order valence-corrected chi connectivity index (χ2v) is 5.61. The number of amides is 1. The smallest absolute Gasteiger partial charge is 0.407 e. The Kier molecular flexibility index (Phi) is 5.52. The first-order valence-electron chi connectivity index (χ1n) is 6.63. The van der Waals surface area contributed by atoms with Crippen LogP contribution in [0.3, 0.4) is 0 Å². The molecule has 7 heteroatoms. The number of pyridine rings is 1. The molecule has 0 aliphatic carbocycles. The normalized spacial score (nSPS) is 11.0. The van der Waals surface area contributed by atoms with Gasteiger partial charge in [-0.25, -0.2) is 14.6 Å². The third kappa shape index (κ3) is 6.11. The summed E-state index contributed by atoms with van der Waals surface area (Å²) in [5, 5.41) is 11.6. The SMILES string of the molecule is CC(C)(C)OC(=O)NCCCc1cnc(N)c(C(=O)O)c1. The lowest BCUT2D eigenvalue weighted by Gasteiger charge is -2.19. The number of aromatic carboxylic acids is 1. The van der Waals surface area contributed by atoms with Gasteiger partial charge in [0.2, 0.25) is 0 Å². The number of carboxylic acid groups (broad SMARTS) is 1. The van der Waals surface area contributed by atoms with Gasteiger partial charge in [-0.3, -0.25) is 0 Å². The fourth-order valence-corrected chi connectivity index (χ4v) is 1.62. The zero-order valence-corrected chi connectivity index (χ0v) is 12.5. The molecule has 0 aromatic carbocycles. The molecule has 0 saturated carbocycles. The van der Waals surface area contributed by atoms with Gasteiger partial charge in [-0.1, -0.05) is 0 Å². The van der Waals surface area contributed by atoms with Gasteiger partial charge in [0.05, 0.1) is 0 Å². The molecule has 0 aliphatic rings. The van der Waals surface area contributed by atoms with Crippen molar-refractivity contribution in [3.05, 3.63) is 23.4 Å². The zero-order valence-electron chi connectivity index (χ0n) is 12.5. The molecule has 1 heterocycles. The molecule has 0 fully saturated rings. The van der Waals surface area contributed by atoms with E-state index in [9.17, 15) is 9.59 Å². The minimum absolute atomic E-state index is 0.00173. The van der Waals surface area contributed by atoms with Crippen molar-refractivity contribution in [1.82, 2.24) is 10.3 Å². The van der Waals surface area contributed by atoms with Gasteiger partial charge < -0.3 is 20.9 Å². The van der Waals surface area contributed by atoms with Gasteiger partial charge in [0.1, 0.15) is 17.0 Å². The minimum Gasteiger partial charge on any atom is -0.478 e. The molecule has 1 aromatic heterocycles. The van der Waals surface area contributed by atoms with Crippen molar-refractivity contribution < 1.29 is 19.4 Å². The van der Waals surface area contributed by atoms with E-state index in [0.717, 1.165) is 5.56 Å². The van der Waals surface area contributed by atoms with Crippen molar-refractivity contribution in [2.24, 2.45) is 0 Å². The number of alkyl carbamates (subject to hydrolysis) is 1. The van der Waals surface area contributed by atoms with Crippen LogP contribution in [-0.2, 0) is 11.2 Å². The number of carbonyl (C=O) groups excluding carboxylic acids is 1. The monoisotopic (exact) mass is 295 g/mol. The van der Waals surface area contributed by atoms with Crippen LogP contribution >= 0.6 is 0 Å². The third-order valence-electron chi connectivity index (χ3n) is 2.52. The molecular weight excluding hydrogens is 274 g/mol. The molecule has 0 aliphatic heterocycles. The predicted octanol–water partition coefficient (Wildman–Crippen LogP) is 1.82. The lowest BCUT2D eigenvalue weighted by atomic mass is 10.1. The lowest BCUT2D eigenvalue weighted by Crippen LogP contribution is -2.33. The van der Waals surface area contributed by atoms with Crippen molar-refractivity contribution in [2.45, 2.75) is 39.2 Å². The lowest BCUT2D eigenvalue weighted by molar-refractivity contribution is 0.0526. The first-order chi connectivity index (χ1) is 9.69. The molecule has 21 heavy (non-hydrogen) atoms. The number of hydrogen-bond donors (Lipinski definition) is 3. The maximum absolute atomic E-state index is 11.4. The van der Waals surface area contributed by atoms with E-state index in [4.69, 9.17) is 15.6 Å². The average Bonchev–Trinajstić information content (AvgIpc) is 2.34. The maximum atomic E-state index is 11.4. The summed E-state index contributed by atoms with van der Waals surface area (Å²) in [5.74, 6) is -1.10. The first-order valence-corrected chi connectivity index (χ1v) is 6.63. The van der Waals surface area contributed by atoms with Crippen LogP contribution < -0.4 is 11.1 Å². The summed E-state index contributed by atoms with van der Waals surface area (Å²) in [6, 6.07) is 1.50. The van der Waals surface area contributed by atoms with Gasteiger partial charge >= 0.3 is 12.1 Å². The molecule has 0 atom stereocenters. The number of nitrogens with two attached hydrogens (primary N) is 1. The number of aryl methyl sites for hydroxylation is 1. The Labute approximate surface area is 123 Å². The van der Waals surface area contributed by atoms with E-state index in [1.165, 1.54) is 12.3 Å². The Morgan fingerprint density at radius 1 is 1.43 bits per heavy atom. The summed E-state index contributed by atoms with van der Waals surface area (Å²) in [4.78, 5) is 26.2. The number of carbonyl (C=O) groups is 2. The quantitative estimate of drug-likeness (QED) is 0.714. The van der Waals surface area contributed by atoms with E-state index >= 15 is 0 Å². The van der Waals surface area contributed by atoms with Crippen LogP contribution in [-0.4, -0.2) is 34.3 Å². The molecule has 0 radical (unpaired) electrons. The van der Waals surface area contributed by atoms with Gasteiger partial charge in [-0.05, 0) is 45.2 Å². The topological polar surface area (TPSA) is 115 Å². The summed E-state index contributed by atoms with van der Waals surface area (Å²) in [7, 11) is 0. The Bertz CT molecular complexity index is 523. The summed E-state index contributed by atoms with van der Waals surface area (Å²) in [6.45, 7) is 5.81. The van der Waals surface area contributed by atoms with Gasteiger partial charge in [0.25, 0.3) is 0 Å². The molecule has 7 nitrogen and oxygen atoms in total. The highest BCUT2D eigenvalue weighted by Gasteiger charge is 2.15. The predicted molar refractivity (Wildman–Crippen MR) is 78.2 cm³/mol. The van der Waals surface area contributed by atoms with Crippen molar-refractivity contribution in [3.63, 3.8) is 0 Å². The molecule has 116 valence electrons. The van der Waals surface area contributed by atoms with Gasteiger partial charge in [-0.2, -0.15) is 0 Å². The van der Waals surface area contributed by atoms with Crippen molar-refractivity contribution in [2.75, 3.05) is 12.3 Å². The maximum Gasteiger partial charge on any atom is 0.407 e. The third-order valence-corrected chi connectivity index (χ3v) is 2.52. The number of rotatable bonds is 5. The number of nitrogens with one attached hydrogen (secondary N) is 1. The second-order valence-electron chi connectivity index (χ2n) is 5.61. The van der Waals surface area contributed by atoms with Gasteiger partial charge in [-0.15, -0.1) is 0 Å². The molecule has 1 rings (SSSR count). The van der Waals surface area contributed by atoms with Crippen LogP contribution in [0.15, 0.2) is 12.3 Å². The average molecular weight is 295 g/mol. The number of ether oxygens (including phenoxy) is 1. The number of nitrogen functional groups attached to an aromatic ring is 1. The molecular formula is C14H21N3O4. The highest BCUT2D eigenvalue weighted by molar-refractivity contribution is 5.92. The van der Waals surface area contributed by atoms with E-state index in [2.05, 4.69) is 10.3 Å². The first kappa shape index (κ1) is 16.7. The Balaban J connectivity index is 2.41. The molecule has 0 bridgehead atoms. The fourth-order valence-electron chi connectivity index (χ4n) is 1.62. The minimum atomic E-state index is -1.10. The Morgan fingerprint density at radius 2 is 2.10 bits per heavy atom. The molecule has 1 amide bonds. The molecule has 0 unspecified atom stereocenters. The Hall–Kier alpha value is -2.31. The van der Waals surface area contributed by atoms with Crippen LogP contribution in [0.5, 0.6) is 0 Å². The zero-order chi connectivity index (χ0) is 16.0. The highest BCUT2D eigenvalue weighted by atomic mass is 16.6. The standard InChI is InChI=1S/C14H21N3O4/c1-14(2,3)21-13(20)16-6-4-5-9-7-10(12(18)19)11(15)17-8-9/h7-8H,4-6H2,1-3H3,(H2,15,17)(H,16,20)(H,18,19). The summed E-state index contributed by atoms with van der Waals surface area (Å²) < 4.78 is 5.10. The van der Waals surface area contributed by atoms with Crippen molar-refractivity contribution >= 4 is 17.9 Å². The highest BCUT2D eigenvalue weighted by Crippen LogP contribution is 2.12. The van der Waals surface area contributed by atoms with Crippen LogP contribution in [0.2, 0.25) is 0 Å². The molecule has 0 spiro atoms. The summed E-state index contributed by atoms with van der Waals surface area (Å²) in [5.41, 5.74) is 5.70. The number of anilines is 1. The largest absolute Gasteiger partial charge is 0.478 e. The van der Waals surface area contributed by atoms with E-state index < -0.39 is 17.7 Å². The fraction of sp³-hybridized carbons (Fsp3) is 0.500. The number of aromatic nitrogens is 1. The van der Waals surface area contributed by atoms with E-state index in [0.29, 0.717) is 19.4 Å². The van der Waals surface area contributed by atoms with Gasteiger partial charge in [0, 0.05) is 12.7 Å². The Morgan fingerprint density at radius 3 is 2.67 bits per heavy atom. The summed E-state index contributed by atoms with van der Waals surface area (Å²) in [6.07, 6.45) is 2.30. The van der Waals surface area contributed by atoms with Gasteiger partial charge in [0.15, 0.2) is 0 Å². The van der Waals surface area contributed by atoms with Crippen molar-refractivity contribution in [3.8, 4) is 0 Å². The van der Waals surface area contributed by atoms with Crippen LogP contribution in [0.25, 0.3) is 0 Å². The number of hydrogen-bond acceptors (Lipinski definition) is 5. The van der Waals surface area contributed by atoms with Crippen LogP contribution in [0.4, 0.5) is 10.6 Å². The van der Waals surface area contributed by atoms with Crippen molar-refractivity contribution in [1.29, 1.82) is 0 Å². The van der Waals surface area contributed by atoms with Crippen LogP contribution in [0.1, 0.15) is 43.1 Å². The molecule has 4 N–H and O–H groups in total. The molecule has 0 saturated heterocycles. The van der Waals surface area contributed by atoms with E-state index in [1.54, 1.807) is 20.8 Å². The number of nitrogens with zero attached hydrogens (tertiary/aromatic N) is 1. The molecule has 1 aromatic rings.